The molecule has 2 aromatic heterocycles. The zero-order valence-corrected chi connectivity index (χ0v) is 10.9. The summed E-state index contributed by atoms with van der Waals surface area (Å²) in [6.07, 6.45) is 3.35. The fraction of sp³-hybridized carbons (Fsp3) is 0.400. The van der Waals surface area contributed by atoms with Gasteiger partial charge in [-0.25, -0.2) is 9.97 Å². The monoisotopic (exact) mass is 267 g/mol. The van der Waals surface area contributed by atoms with Crippen LogP contribution in [0.1, 0.15) is 11.5 Å². The number of nitrogens with zero attached hydrogens (tertiary/aromatic N) is 5. The van der Waals surface area contributed by atoms with Gasteiger partial charge in [0.1, 0.15) is 6.33 Å². The first-order valence-corrected chi connectivity index (χ1v) is 6.26. The molecular formula is C10H13N5O2S. The van der Waals surface area contributed by atoms with E-state index in [-0.39, 0.29) is 5.75 Å². The quantitative estimate of drug-likeness (QED) is 0.796. The molecule has 7 nitrogen and oxygen atoms in total. The largest absolute Gasteiger partial charge is 0.481 e. The van der Waals surface area contributed by atoms with Crippen molar-refractivity contribution in [3.8, 4) is 0 Å². The van der Waals surface area contributed by atoms with E-state index in [1.165, 1.54) is 11.8 Å². The molecule has 0 aliphatic carbocycles. The highest BCUT2D eigenvalue weighted by molar-refractivity contribution is 7.99. The maximum atomic E-state index is 10.6. The lowest BCUT2D eigenvalue weighted by molar-refractivity contribution is -0.133. The van der Waals surface area contributed by atoms with Crippen molar-refractivity contribution in [3.05, 3.63) is 24.0 Å². The lowest BCUT2D eigenvalue weighted by atomic mass is 10.5. The third kappa shape index (κ3) is 2.89. The molecule has 0 aliphatic heterocycles. The predicted octanol–water partition coefficient (Wildman–Crippen LogP) is 0.545. The van der Waals surface area contributed by atoms with Crippen LogP contribution in [0, 0.1) is 6.92 Å². The second-order valence-electron chi connectivity index (χ2n) is 3.79. The first-order chi connectivity index (χ1) is 8.56. The van der Waals surface area contributed by atoms with Crippen molar-refractivity contribution >= 4 is 17.7 Å². The zero-order valence-electron chi connectivity index (χ0n) is 10.1. The molecule has 2 heterocycles. The number of thioether (sulfide) groups is 1. The van der Waals surface area contributed by atoms with Gasteiger partial charge in [-0.2, -0.15) is 5.10 Å². The average molecular weight is 267 g/mol. The van der Waals surface area contributed by atoms with Crippen molar-refractivity contribution in [2.24, 2.45) is 7.05 Å². The number of carboxylic acids is 1. The van der Waals surface area contributed by atoms with Gasteiger partial charge in [0.05, 0.1) is 12.3 Å². The Morgan fingerprint density at radius 2 is 2.28 bits per heavy atom. The Morgan fingerprint density at radius 3 is 2.89 bits per heavy atom. The molecule has 0 bridgehead atoms. The van der Waals surface area contributed by atoms with Crippen LogP contribution in [-0.4, -0.2) is 41.1 Å². The number of aryl methyl sites for hydroxylation is 2. The Morgan fingerprint density at radius 1 is 1.50 bits per heavy atom. The van der Waals surface area contributed by atoms with Crippen LogP contribution in [0.5, 0.6) is 0 Å². The van der Waals surface area contributed by atoms with Gasteiger partial charge in [-0.15, -0.1) is 0 Å². The summed E-state index contributed by atoms with van der Waals surface area (Å²) in [5.41, 5.74) is 0.954. The molecule has 1 N–H and O–H groups in total. The van der Waals surface area contributed by atoms with Crippen LogP contribution in [0.3, 0.4) is 0 Å². The number of aliphatic carboxylic acids is 1. The normalized spacial score (nSPS) is 10.8. The van der Waals surface area contributed by atoms with Crippen molar-refractivity contribution in [3.63, 3.8) is 0 Å². The Balaban J connectivity index is 2.16. The minimum absolute atomic E-state index is 0.00784. The summed E-state index contributed by atoms with van der Waals surface area (Å²) in [6, 6.07) is 0. The van der Waals surface area contributed by atoms with Crippen molar-refractivity contribution < 1.29 is 9.90 Å². The molecule has 0 spiro atoms. The molecule has 0 aliphatic rings. The third-order valence-electron chi connectivity index (χ3n) is 2.29. The summed E-state index contributed by atoms with van der Waals surface area (Å²) < 4.78 is 3.54. The molecule has 0 radical (unpaired) electrons. The van der Waals surface area contributed by atoms with Crippen molar-refractivity contribution in [1.29, 1.82) is 0 Å². The van der Waals surface area contributed by atoms with E-state index >= 15 is 0 Å². The van der Waals surface area contributed by atoms with Gasteiger partial charge < -0.3 is 9.67 Å². The van der Waals surface area contributed by atoms with Gasteiger partial charge in [0.2, 0.25) is 0 Å². The van der Waals surface area contributed by atoms with Gasteiger partial charge >= 0.3 is 5.97 Å². The number of carboxylic acid groups (broad SMARTS) is 1. The van der Waals surface area contributed by atoms with Gasteiger partial charge in [0.15, 0.2) is 11.0 Å². The Hall–Kier alpha value is -1.83. The molecule has 0 amide bonds. The molecular weight excluding hydrogens is 254 g/mol. The standard InChI is InChI=1S/C10H13N5O2S/c1-7-3-11-10(18-5-9(16)17)15(7)4-8-12-6-14(2)13-8/h3,6H,4-5H2,1-2H3,(H,16,17). The van der Waals surface area contributed by atoms with Gasteiger partial charge in [0.25, 0.3) is 0 Å². The number of hydrogen-bond donors (Lipinski definition) is 1. The maximum absolute atomic E-state index is 10.6. The van der Waals surface area contributed by atoms with Crippen LogP contribution < -0.4 is 0 Å². The average Bonchev–Trinajstić information content (AvgIpc) is 2.85. The number of hydrogen-bond acceptors (Lipinski definition) is 5. The maximum Gasteiger partial charge on any atom is 0.313 e. The van der Waals surface area contributed by atoms with Gasteiger partial charge in [-0.1, -0.05) is 11.8 Å². The molecule has 0 atom stereocenters. The van der Waals surface area contributed by atoms with Gasteiger partial charge in [-0.3, -0.25) is 9.48 Å². The van der Waals surface area contributed by atoms with Crippen LogP contribution in [-0.2, 0) is 18.4 Å². The minimum Gasteiger partial charge on any atom is -0.481 e. The van der Waals surface area contributed by atoms with Crippen LogP contribution in [0.25, 0.3) is 0 Å². The number of carbonyl (C=O) groups is 1. The Kier molecular flexibility index (Phi) is 3.66. The minimum atomic E-state index is -0.858. The summed E-state index contributed by atoms with van der Waals surface area (Å²) >= 11 is 1.19. The lowest BCUT2D eigenvalue weighted by Crippen LogP contribution is -2.07. The molecule has 2 aromatic rings. The molecule has 0 aromatic carbocycles. The van der Waals surface area contributed by atoms with Crippen LogP contribution in [0.4, 0.5) is 0 Å². The summed E-state index contributed by atoms with van der Waals surface area (Å²) in [6.45, 7) is 2.41. The van der Waals surface area contributed by atoms with Crippen LogP contribution >= 0.6 is 11.8 Å². The van der Waals surface area contributed by atoms with E-state index in [0.717, 1.165) is 5.69 Å². The van der Waals surface area contributed by atoms with E-state index in [2.05, 4.69) is 15.1 Å². The molecule has 8 heteroatoms. The van der Waals surface area contributed by atoms with E-state index in [4.69, 9.17) is 5.11 Å². The second kappa shape index (κ2) is 5.21. The second-order valence-corrected chi connectivity index (χ2v) is 4.73. The molecule has 0 saturated carbocycles. The number of rotatable bonds is 5. The molecule has 0 fully saturated rings. The lowest BCUT2D eigenvalue weighted by Gasteiger charge is -2.06. The van der Waals surface area contributed by atoms with Gasteiger partial charge in [0, 0.05) is 18.9 Å². The SMILES string of the molecule is Cc1cnc(SCC(=O)O)n1Cc1ncn(C)n1. The van der Waals surface area contributed by atoms with Crippen LogP contribution in [0.2, 0.25) is 0 Å². The smallest absolute Gasteiger partial charge is 0.313 e. The zero-order chi connectivity index (χ0) is 13.1. The summed E-state index contributed by atoms with van der Waals surface area (Å²) in [7, 11) is 1.80. The van der Waals surface area contributed by atoms with E-state index in [0.29, 0.717) is 17.5 Å². The fourth-order valence-corrected chi connectivity index (χ4v) is 2.21. The van der Waals surface area contributed by atoms with E-state index in [1.54, 1.807) is 24.3 Å². The van der Waals surface area contributed by atoms with Crippen molar-refractivity contribution in [1.82, 2.24) is 24.3 Å². The number of aromatic nitrogens is 5. The molecule has 96 valence electrons. The molecule has 2 rings (SSSR count). The highest BCUT2D eigenvalue weighted by Gasteiger charge is 2.11. The fourth-order valence-electron chi connectivity index (χ4n) is 1.47. The Bertz CT molecular complexity index is 562. The first kappa shape index (κ1) is 12.6. The van der Waals surface area contributed by atoms with E-state index < -0.39 is 5.97 Å². The van der Waals surface area contributed by atoms with E-state index in [1.807, 2.05) is 11.5 Å². The predicted molar refractivity (Wildman–Crippen MR) is 65.4 cm³/mol. The highest BCUT2D eigenvalue weighted by atomic mass is 32.2. The van der Waals surface area contributed by atoms with E-state index in [9.17, 15) is 4.79 Å². The molecule has 0 unspecified atom stereocenters. The van der Waals surface area contributed by atoms with Crippen molar-refractivity contribution in [2.75, 3.05) is 5.75 Å². The first-order valence-electron chi connectivity index (χ1n) is 5.27. The van der Waals surface area contributed by atoms with Crippen molar-refractivity contribution in [2.45, 2.75) is 18.6 Å². The summed E-state index contributed by atoms with van der Waals surface area (Å²) in [5.74, 6) is -0.189. The summed E-state index contributed by atoms with van der Waals surface area (Å²) in [4.78, 5) is 18.9. The van der Waals surface area contributed by atoms with Crippen LogP contribution in [0.15, 0.2) is 17.7 Å². The topological polar surface area (TPSA) is 85.8 Å². The molecule has 18 heavy (non-hydrogen) atoms. The van der Waals surface area contributed by atoms with Gasteiger partial charge in [-0.05, 0) is 6.92 Å². The third-order valence-corrected chi connectivity index (χ3v) is 3.27. The number of imidazole rings is 1. The molecule has 0 saturated heterocycles. The highest BCUT2D eigenvalue weighted by Crippen LogP contribution is 2.18. The summed E-state index contributed by atoms with van der Waals surface area (Å²) in [5, 5.41) is 13.5. The Labute approximate surface area is 108 Å².